The van der Waals surface area contributed by atoms with Gasteiger partial charge in [-0.05, 0) is 47.4 Å². The fourth-order valence-electron chi connectivity index (χ4n) is 3.45. The van der Waals surface area contributed by atoms with Crippen LogP contribution in [0.15, 0.2) is 59.5 Å². The number of nitrogens with zero attached hydrogens (tertiary/aromatic N) is 4. The number of hydrogen-bond acceptors (Lipinski definition) is 3. The van der Waals surface area contributed by atoms with E-state index in [4.69, 9.17) is 5.26 Å². The SMILES string of the molecule is N#Cc1ccc(Cn2cncc2CN2CCc3cc(Br)ccc3C2)cc1. The van der Waals surface area contributed by atoms with Gasteiger partial charge < -0.3 is 4.57 Å². The summed E-state index contributed by atoms with van der Waals surface area (Å²) in [4.78, 5) is 6.83. The van der Waals surface area contributed by atoms with Crippen LogP contribution in [0.4, 0.5) is 0 Å². The Labute approximate surface area is 161 Å². The topological polar surface area (TPSA) is 44.9 Å². The molecule has 0 aliphatic carbocycles. The minimum absolute atomic E-state index is 0.693. The third kappa shape index (κ3) is 3.72. The largest absolute Gasteiger partial charge is 0.329 e. The van der Waals surface area contributed by atoms with E-state index in [1.54, 1.807) is 0 Å². The van der Waals surface area contributed by atoms with Crippen LogP contribution < -0.4 is 0 Å². The molecule has 0 N–H and O–H groups in total. The Morgan fingerprint density at radius 2 is 1.92 bits per heavy atom. The quantitative estimate of drug-likeness (QED) is 0.654. The van der Waals surface area contributed by atoms with Gasteiger partial charge in [-0.2, -0.15) is 5.26 Å². The summed E-state index contributed by atoms with van der Waals surface area (Å²) < 4.78 is 3.35. The molecule has 0 fully saturated rings. The molecule has 1 aliphatic rings. The molecule has 0 saturated heterocycles. The van der Waals surface area contributed by atoms with E-state index in [0.29, 0.717) is 5.56 Å². The summed E-state index contributed by atoms with van der Waals surface area (Å²) >= 11 is 3.56. The molecule has 4 rings (SSSR count). The Balaban J connectivity index is 1.46. The number of benzene rings is 2. The molecule has 2 heterocycles. The molecule has 0 spiro atoms. The van der Waals surface area contributed by atoms with Gasteiger partial charge in [0.2, 0.25) is 0 Å². The van der Waals surface area contributed by atoms with Crippen LogP contribution in [-0.2, 0) is 26.1 Å². The molecule has 130 valence electrons. The van der Waals surface area contributed by atoms with E-state index < -0.39 is 0 Å². The lowest BCUT2D eigenvalue weighted by Crippen LogP contribution is -2.30. The lowest BCUT2D eigenvalue weighted by atomic mass is 10.00. The van der Waals surface area contributed by atoms with Crippen molar-refractivity contribution >= 4 is 15.9 Å². The highest BCUT2D eigenvalue weighted by atomic mass is 79.9. The van der Waals surface area contributed by atoms with Gasteiger partial charge in [0.05, 0.1) is 23.7 Å². The summed E-state index contributed by atoms with van der Waals surface area (Å²) in [6.07, 6.45) is 4.93. The molecule has 1 aromatic heterocycles. The van der Waals surface area contributed by atoms with Crippen molar-refractivity contribution < 1.29 is 0 Å². The number of fused-ring (bicyclic) bond motifs is 1. The number of halogens is 1. The van der Waals surface area contributed by atoms with Crippen LogP contribution in [0.1, 0.15) is 27.9 Å². The Morgan fingerprint density at radius 3 is 2.73 bits per heavy atom. The van der Waals surface area contributed by atoms with E-state index in [9.17, 15) is 0 Å². The third-order valence-corrected chi connectivity index (χ3v) is 5.37. The van der Waals surface area contributed by atoms with Crippen LogP contribution in [0.2, 0.25) is 0 Å². The van der Waals surface area contributed by atoms with Crippen molar-refractivity contribution in [2.75, 3.05) is 6.54 Å². The molecule has 3 aromatic rings. The Hall–Kier alpha value is -2.42. The number of rotatable bonds is 4. The molecule has 1 aliphatic heterocycles. The fourth-order valence-corrected chi connectivity index (χ4v) is 3.86. The molecule has 26 heavy (non-hydrogen) atoms. The van der Waals surface area contributed by atoms with Crippen molar-refractivity contribution in [3.63, 3.8) is 0 Å². The zero-order valence-corrected chi connectivity index (χ0v) is 16.0. The van der Waals surface area contributed by atoms with Crippen LogP contribution >= 0.6 is 15.9 Å². The first-order valence-electron chi connectivity index (χ1n) is 8.69. The summed E-state index contributed by atoms with van der Waals surface area (Å²) in [6, 6.07) is 16.5. The molecule has 0 unspecified atom stereocenters. The van der Waals surface area contributed by atoms with Crippen molar-refractivity contribution in [2.45, 2.75) is 26.1 Å². The lowest BCUT2D eigenvalue weighted by Gasteiger charge is -2.29. The molecule has 0 saturated carbocycles. The van der Waals surface area contributed by atoms with E-state index in [1.807, 2.05) is 36.8 Å². The highest BCUT2D eigenvalue weighted by molar-refractivity contribution is 9.10. The number of nitriles is 1. The molecule has 2 aromatic carbocycles. The molecule has 0 amide bonds. The van der Waals surface area contributed by atoms with Gasteiger partial charge in [0.25, 0.3) is 0 Å². The fraction of sp³-hybridized carbons (Fsp3) is 0.238. The maximum Gasteiger partial charge on any atom is 0.0991 e. The van der Waals surface area contributed by atoms with E-state index in [0.717, 1.165) is 37.1 Å². The Bertz CT molecular complexity index is 953. The van der Waals surface area contributed by atoms with Gasteiger partial charge in [0, 0.05) is 36.8 Å². The van der Waals surface area contributed by atoms with E-state index in [2.05, 4.69) is 54.6 Å². The monoisotopic (exact) mass is 406 g/mol. The molecule has 0 bridgehead atoms. The third-order valence-electron chi connectivity index (χ3n) is 4.88. The van der Waals surface area contributed by atoms with Crippen molar-refractivity contribution in [3.8, 4) is 6.07 Å². The number of hydrogen-bond donors (Lipinski definition) is 0. The second-order valence-electron chi connectivity index (χ2n) is 6.70. The summed E-state index contributed by atoms with van der Waals surface area (Å²) in [6.45, 7) is 3.71. The minimum atomic E-state index is 0.693. The van der Waals surface area contributed by atoms with Gasteiger partial charge in [-0.25, -0.2) is 4.98 Å². The van der Waals surface area contributed by atoms with Gasteiger partial charge >= 0.3 is 0 Å². The maximum absolute atomic E-state index is 8.92. The first-order chi connectivity index (χ1) is 12.7. The van der Waals surface area contributed by atoms with E-state index in [-0.39, 0.29) is 0 Å². The van der Waals surface area contributed by atoms with Gasteiger partial charge in [-0.3, -0.25) is 4.90 Å². The average molecular weight is 407 g/mol. The summed E-state index contributed by atoms with van der Waals surface area (Å²) in [5.74, 6) is 0. The van der Waals surface area contributed by atoms with Crippen LogP contribution in [0.3, 0.4) is 0 Å². The number of imidazole rings is 1. The Kier molecular flexibility index (Phi) is 4.87. The van der Waals surface area contributed by atoms with Gasteiger partial charge in [0.15, 0.2) is 0 Å². The van der Waals surface area contributed by atoms with Crippen molar-refractivity contribution in [1.29, 1.82) is 5.26 Å². The second-order valence-corrected chi connectivity index (χ2v) is 7.61. The average Bonchev–Trinajstić information content (AvgIpc) is 3.09. The standard InChI is InChI=1S/C21H19BrN4/c22-20-6-5-19-13-25(8-7-18(19)9-20)14-21-11-24-15-26(21)12-17-3-1-16(10-23)2-4-17/h1-6,9,11,15H,7-8,12-14H2. The predicted octanol–water partition coefficient (Wildman–Crippen LogP) is 4.12. The van der Waals surface area contributed by atoms with Crippen molar-refractivity contribution in [2.24, 2.45) is 0 Å². The van der Waals surface area contributed by atoms with Crippen LogP contribution in [0, 0.1) is 11.3 Å². The maximum atomic E-state index is 8.92. The smallest absolute Gasteiger partial charge is 0.0991 e. The van der Waals surface area contributed by atoms with Crippen molar-refractivity contribution in [3.05, 3.63) is 87.4 Å². The molecule has 0 atom stereocenters. The highest BCUT2D eigenvalue weighted by Crippen LogP contribution is 2.24. The summed E-state index contributed by atoms with van der Waals surface area (Å²) in [5, 5.41) is 8.92. The van der Waals surface area contributed by atoms with Crippen molar-refractivity contribution in [1.82, 2.24) is 14.5 Å². The summed E-state index contributed by atoms with van der Waals surface area (Å²) in [5.41, 5.74) is 5.95. The molecule has 0 radical (unpaired) electrons. The molecule has 5 heteroatoms. The zero-order chi connectivity index (χ0) is 17.9. The van der Waals surface area contributed by atoms with E-state index >= 15 is 0 Å². The first-order valence-corrected chi connectivity index (χ1v) is 9.48. The van der Waals surface area contributed by atoms with Crippen LogP contribution in [-0.4, -0.2) is 21.0 Å². The van der Waals surface area contributed by atoms with Gasteiger partial charge in [0.1, 0.15) is 0 Å². The van der Waals surface area contributed by atoms with Crippen LogP contribution in [0.5, 0.6) is 0 Å². The minimum Gasteiger partial charge on any atom is -0.329 e. The molecular weight excluding hydrogens is 388 g/mol. The normalized spacial score (nSPS) is 14.0. The molecular formula is C21H19BrN4. The molecule has 4 nitrogen and oxygen atoms in total. The summed E-state index contributed by atoms with van der Waals surface area (Å²) in [7, 11) is 0. The van der Waals surface area contributed by atoms with Crippen LogP contribution in [0.25, 0.3) is 0 Å². The lowest BCUT2D eigenvalue weighted by molar-refractivity contribution is 0.239. The zero-order valence-electron chi connectivity index (χ0n) is 14.4. The second kappa shape index (κ2) is 7.45. The highest BCUT2D eigenvalue weighted by Gasteiger charge is 2.18. The predicted molar refractivity (Wildman–Crippen MR) is 104 cm³/mol. The van der Waals surface area contributed by atoms with Gasteiger partial charge in [-0.1, -0.05) is 34.1 Å². The number of aromatic nitrogens is 2. The van der Waals surface area contributed by atoms with Gasteiger partial charge in [-0.15, -0.1) is 0 Å². The van der Waals surface area contributed by atoms with E-state index in [1.165, 1.54) is 22.4 Å². The first kappa shape index (κ1) is 17.0. The Morgan fingerprint density at radius 1 is 1.08 bits per heavy atom.